The molecule has 4 aliphatic rings. The number of fused-ring (bicyclic) bond motifs is 5. The topological polar surface area (TPSA) is 64.5 Å². The highest BCUT2D eigenvalue weighted by atomic mass is 16.3. The van der Waals surface area contributed by atoms with Crippen LogP contribution >= 0.6 is 0 Å². The summed E-state index contributed by atoms with van der Waals surface area (Å²) in [4.78, 5) is 0. The Hall–Kier alpha value is -1.10. The van der Waals surface area contributed by atoms with Gasteiger partial charge in [-0.05, 0) is 85.0 Å². The molecule has 0 radical (unpaired) electrons. The van der Waals surface area contributed by atoms with Crippen molar-refractivity contribution in [3.63, 3.8) is 0 Å². The standard InChI is InChI=1S/C18H24O2.C4H10N2/c1-18-9-8-14-13-5-3-12(19)10-11(13)2-4-15(14)16(18)6-7-17(18)20;1-2-6-4-3-5-1/h3,5,10,14-17,19-20H,2,4,6-9H2,1H3;5-6H,1-4H2/t14-,15-,16+,17+,18+;/m1./s1. The monoisotopic (exact) mass is 358 g/mol. The van der Waals surface area contributed by atoms with Crippen molar-refractivity contribution < 1.29 is 10.2 Å². The third-order valence-corrected chi connectivity index (χ3v) is 7.62. The summed E-state index contributed by atoms with van der Waals surface area (Å²) in [7, 11) is 0. The van der Waals surface area contributed by atoms with Crippen LogP contribution in [0.3, 0.4) is 0 Å². The molecule has 5 atom stereocenters. The highest BCUT2D eigenvalue weighted by molar-refractivity contribution is 5.40. The number of aliphatic hydroxyl groups excluding tert-OH is 1. The molecule has 3 fully saturated rings. The maximum absolute atomic E-state index is 10.4. The Morgan fingerprint density at radius 1 is 1.00 bits per heavy atom. The molecule has 4 heteroatoms. The van der Waals surface area contributed by atoms with Crippen LogP contribution in [0.15, 0.2) is 18.2 Å². The molecule has 4 N–H and O–H groups in total. The Balaban J connectivity index is 0.000000240. The van der Waals surface area contributed by atoms with Crippen LogP contribution in [0.1, 0.15) is 56.1 Å². The minimum Gasteiger partial charge on any atom is -0.508 e. The van der Waals surface area contributed by atoms with Crippen LogP contribution in [0.25, 0.3) is 0 Å². The number of benzene rings is 1. The first-order valence-corrected chi connectivity index (χ1v) is 10.5. The van der Waals surface area contributed by atoms with Gasteiger partial charge in [0.2, 0.25) is 0 Å². The average Bonchev–Trinajstić information content (AvgIpc) is 2.98. The number of phenols is 1. The van der Waals surface area contributed by atoms with Crippen molar-refractivity contribution in [2.75, 3.05) is 26.2 Å². The normalized spacial score (nSPS) is 38.4. The fraction of sp³-hybridized carbons (Fsp3) is 0.727. The lowest BCUT2D eigenvalue weighted by Gasteiger charge is -2.50. The zero-order valence-corrected chi connectivity index (χ0v) is 16.0. The first-order valence-electron chi connectivity index (χ1n) is 10.5. The van der Waals surface area contributed by atoms with Crippen LogP contribution in [0.5, 0.6) is 5.75 Å². The van der Waals surface area contributed by atoms with Crippen LogP contribution in [0.4, 0.5) is 0 Å². The lowest BCUT2D eigenvalue weighted by Crippen LogP contribution is -2.43. The summed E-state index contributed by atoms with van der Waals surface area (Å²) in [6.45, 7) is 6.87. The highest BCUT2D eigenvalue weighted by Gasteiger charge is 2.54. The highest BCUT2D eigenvalue weighted by Crippen LogP contribution is 2.60. The number of aromatic hydroxyl groups is 1. The van der Waals surface area contributed by atoms with Gasteiger partial charge in [-0.1, -0.05) is 13.0 Å². The van der Waals surface area contributed by atoms with Gasteiger partial charge >= 0.3 is 0 Å². The molecule has 144 valence electrons. The van der Waals surface area contributed by atoms with E-state index in [2.05, 4.69) is 23.6 Å². The number of phenolic OH excluding ortho intramolecular Hbond substituents is 1. The molecule has 0 unspecified atom stereocenters. The van der Waals surface area contributed by atoms with Crippen LogP contribution < -0.4 is 10.6 Å². The quantitative estimate of drug-likeness (QED) is 0.576. The van der Waals surface area contributed by atoms with E-state index in [-0.39, 0.29) is 11.5 Å². The van der Waals surface area contributed by atoms with E-state index in [0.29, 0.717) is 17.6 Å². The molecule has 4 nitrogen and oxygen atoms in total. The molecule has 1 aromatic rings. The fourth-order valence-corrected chi connectivity index (χ4v) is 6.14. The fourth-order valence-electron chi connectivity index (χ4n) is 6.14. The number of hydrogen-bond acceptors (Lipinski definition) is 4. The predicted octanol–water partition coefficient (Wildman–Crippen LogP) is 2.79. The molecule has 2 saturated carbocycles. The molecule has 0 amide bonds. The van der Waals surface area contributed by atoms with E-state index in [1.807, 2.05) is 12.1 Å². The van der Waals surface area contributed by atoms with Crippen molar-refractivity contribution >= 4 is 0 Å². The summed E-state index contributed by atoms with van der Waals surface area (Å²) in [6, 6.07) is 5.96. The van der Waals surface area contributed by atoms with Crippen LogP contribution in [-0.4, -0.2) is 42.5 Å². The van der Waals surface area contributed by atoms with Crippen molar-refractivity contribution in [3.05, 3.63) is 29.3 Å². The number of aryl methyl sites for hydroxylation is 1. The van der Waals surface area contributed by atoms with Gasteiger partial charge in [-0.25, -0.2) is 0 Å². The van der Waals surface area contributed by atoms with Gasteiger partial charge in [0.05, 0.1) is 6.10 Å². The number of hydrogen-bond donors (Lipinski definition) is 4. The number of piperazine rings is 1. The Bertz CT molecular complexity index is 619. The predicted molar refractivity (Wildman–Crippen MR) is 104 cm³/mol. The Labute approximate surface area is 157 Å². The van der Waals surface area contributed by atoms with Gasteiger partial charge in [0.1, 0.15) is 5.75 Å². The molecular weight excluding hydrogens is 324 g/mol. The molecule has 1 aromatic carbocycles. The van der Waals surface area contributed by atoms with E-state index >= 15 is 0 Å². The average molecular weight is 359 g/mol. The minimum absolute atomic E-state index is 0.0883. The molecule has 1 aliphatic heterocycles. The molecule has 0 bridgehead atoms. The first kappa shape index (κ1) is 18.3. The van der Waals surface area contributed by atoms with Crippen LogP contribution in [-0.2, 0) is 6.42 Å². The van der Waals surface area contributed by atoms with Gasteiger partial charge in [0.25, 0.3) is 0 Å². The lowest BCUT2D eigenvalue weighted by atomic mass is 9.55. The molecule has 1 heterocycles. The molecule has 1 saturated heterocycles. The summed E-state index contributed by atoms with van der Waals surface area (Å²) in [5, 5.41) is 26.5. The second-order valence-electron chi connectivity index (χ2n) is 8.94. The first-order chi connectivity index (χ1) is 12.6. The molecule has 0 aromatic heterocycles. The smallest absolute Gasteiger partial charge is 0.115 e. The van der Waals surface area contributed by atoms with Gasteiger partial charge in [-0.3, -0.25) is 0 Å². The van der Waals surface area contributed by atoms with Gasteiger partial charge < -0.3 is 20.8 Å². The van der Waals surface area contributed by atoms with Crippen LogP contribution in [0, 0.1) is 17.3 Å². The maximum atomic E-state index is 10.4. The van der Waals surface area contributed by atoms with E-state index in [1.54, 1.807) is 0 Å². The number of nitrogens with one attached hydrogen (secondary N) is 2. The zero-order valence-electron chi connectivity index (χ0n) is 16.0. The summed E-state index contributed by atoms with van der Waals surface area (Å²) in [5.41, 5.74) is 2.99. The van der Waals surface area contributed by atoms with E-state index in [0.717, 1.165) is 51.4 Å². The van der Waals surface area contributed by atoms with Gasteiger partial charge in [-0.15, -0.1) is 0 Å². The van der Waals surface area contributed by atoms with Gasteiger partial charge in [0.15, 0.2) is 0 Å². The van der Waals surface area contributed by atoms with Gasteiger partial charge in [0, 0.05) is 26.2 Å². The molecule has 5 rings (SSSR count). The summed E-state index contributed by atoms with van der Waals surface area (Å²) >= 11 is 0. The van der Waals surface area contributed by atoms with Gasteiger partial charge in [-0.2, -0.15) is 0 Å². The molecule has 26 heavy (non-hydrogen) atoms. The number of aliphatic hydroxyl groups is 1. The largest absolute Gasteiger partial charge is 0.508 e. The minimum atomic E-state index is -0.0883. The summed E-state index contributed by atoms with van der Waals surface area (Å²) < 4.78 is 0. The van der Waals surface area contributed by atoms with Crippen molar-refractivity contribution in [1.82, 2.24) is 10.6 Å². The Morgan fingerprint density at radius 3 is 2.42 bits per heavy atom. The van der Waals surface area contributed by atoms with Crippen molar-refractivity contribution in [3.8, 4) is 5.75 Å². The van der Waals surface area contributed by atoms with Crippen LogP contribution in [0.2, 0.25) is 0 Å². The zero-order chi connectivity index (χ0) is 18.1. The van der Waals surface area contributed by atoms with E-state index in [4.69, 9.17) is 0 Å². The second kappa shape index (κ2) is 7.49. The maximum Gasteiger partial charge on any atom is 0.115 e. The Morgan fingerprint density at radius 2 is 1.73 bits per heavy atom. The van der Waals surface area contributed by atoms with E-state index < -0.39 is 0 Å². The summed E-state index contributed by atoms with van der Waals surface area (Å²) in [6.07, 6.45) is 6.78. The Kier molecular flexibility index (Phi) is 5.27. The van der Waals surface area contributed by atoms with E-state index in [9.17, 15) is 10.2 Å². The molecule has 0 spiro atoms. The summed E-state index contributed by atoms with van der Waals surface area (Å²) in [5.74, 6) is 2.49. The van der Waals surface area contributed by atoms with Crippen molar-refractivity contribution in [2.45, 2.75) is 57.5 Å². The second-order valence-corrected chi connectivity index (χ2v) is 8.94. The molecular formula is C22H34N2O2. The number of rotatable bonds is 0. The van der Waals surface area contributed by atoms with E-state index in [1.165, 1.54) is 30.4 Å². The van der Waals surface area contributed by atoms with Crippen molar-refractivity contribution in [1.29, 1.82) is 0 Å². The van der Waals surface area contributed by atoms with Crippen molar-refractivity contribution in [2.24, 2.45) is 17.3 Å². The lowest BCUT2D eigenvalue weighted by molar-refractivity contribution is -0.0226. The third kappa shape index (κ3) is 3.28. The third-order valence-electron chi connectivity index (χ3n) is 7.62. The molecule has 3 aliphatic carbocycles. The SMILES string of the molecule is C1CNCCN1.C[C@]12CC[C@@H]3c4ccc(O)cc4CC[C@H]3[C@@H]1CC[C@@H]2O.